The van der Waals surface area contributed by atoms with Gasteiger partial charge in [0.05, 0.1) is 13.7 Å². The van der Waals surface area contributed by atoms with E-state index in [1.54, 1.807) is 0 Å². The third-order valence-corrected chi connectivity index (χ3v) is 6.20. The molecule has 10 heteroatoms. The quantitative estimate of drug-likeness (QED) is 0.276. The van der Waals surface area contributed by atoms with Crippen LogP contribution in [0.1, 0.15) is 24.0 Å². The molecule has 0 aliphatic carbocycles. The summed E-state index contributed by atoms with van der Waals surface area (Å²) in [4.78, 5) is 31.1. The molecule has 7 nitrogen and oxygen atoms in total. The molecule has 2 amide bonds. The number of aliphatic imine (C=N–C) groups is 1. The number of rotatable bonds is 7. The van der Waals surface area contributed by atoms with Crippen molar-refractivity contribution in [2.75, 3.05) is 20.7 Å². The summed E-state index contributed by atoms with van der Waals surface area (Å²) in [6.45, 7) is 0.199. The lowest BCUT2D eigenvalue weighted by Gasteiger charge is -2.37. The number of thioether (sulfide) groups is 1. The van der Waals surface area contributed by atoms with E-state index in [4.69, 9.17) is 4.84 Å². The number of carbonyl (C=O) groups is 1. The van der Waals surface area contributed by atoms with Gasteiger partial charge in [-0.3, -0.25) is 4.84 Å². The first-order valence-corrected chi connectivity index (χ1v) is 10.2. The molecule has 0 spiro atoms. The van der Waals surface area contributed by atoms with E-state index in [0.717, 1.165) is 40.6 Å². The van der Waals surface area contributed by atoms with Gasteiger partial charge in [-0.2, -0.15) is 10.1 Å². The van der Waals surface area contributed by atoms with Gasteiger partial charge in [-0.15, -0.1) is 0 Å². The van der Waals surface area contributed by atoms with Crippen LogP contribution in [0.15, 0.2) is 58.6 Å². The first-order chi connectivity index (χ1) is 14.9. The third-order valence-electron chi connectivity index (χ3n) is 4.76. The Hall–Kier alpha value is -3.07. The standard InChI is InChI=1S/C21H20F2N4O3S/c1-26(30-2)20(29)27-21(11-6-12-24-14-28,15-7-4-3-5-8-15)31-19(25-27)17-13-16(22)9-10-18(17)23/h3-5,7-10,13H,6,11-12H2,1-2H3/t21-/m0/s1. The van der Waals surface area contributed by atoms with Gasteiger partial charge in [0.15, 0.2) is 0 Å². The van der Waals surface area contributed by atoms with Crippen molar-refractivity contribution >= 4 is 28.9 Å². The molecule has 0 saturated heterocycles. The van der Waals surface area contributed by atoms with E-state index in [-0.39, 0.29) is 17.2 Å². The minimum atomic E-state index is -1.09. The number of nitrogens with zero attached hydrogens (tertiary/aromatic N) is 4. The van der Waals surface area contributed by atoms with Crippen molar-refractivity contribution in [3.8, 4) is 0 Å². The number of carbonyl (C=O) groups excluding carboxylic acids is 2. The number of hydrazone groups is 1. The Balaban J connectivity index is 2.13. The maximum absolute atomic E-state index is 14.5. The highest BCUT2D eigenvalue weighted by atomic mass is 32.2. The second-order valence-corrected chi connectivity index (χ2v) is 7.90. The van der Waals surface area contributed by atoms with Crippen molar-refractivity contribution in [1.82, 2.24) is 10.1 Å². The van der Waals surface area contributed by atoms with Crippen LogP contribution in [0.25, 0.3) is 0 Å². The molecular weight excluding hydrogens is 426 g/mol. The predicted octanol–water partition coefficient (Wildman–Crippen LogP) is 4.26. The van der Waals surface area contributed by atoms with Crippen LogP contribution in [-0.4, -0.2) is 47.9 Å². The zero-order valence-electron chi connectivity index (χ0n) is 16.9. The van der Waals surface area contributed by atoms with Gasteiger partial charge >= 0.3 is 6.03 Å². The third kappa shape index (κ3) is 4.66. The second kappa shape index (κ2) is 9.82. The lowest BCUT2D eigenvalue weighted by atomic mass is 10.0. The van der Waals surface area contributed by atoms with E-state index < -0.39 is 22.5 Å². The maximum atomic E-state index is 14.5. The van der Waals surface area contributed by atoms with Crippen molar-refractivity contribution in [3.63, 3.8) is 0 Å². The molecule has 31 heavy (non-hydrogen) atoms. The summed E-state index contributed by atoms with van der Waals surface area (Å²) in [5.74, 6) is -1.28. The zero-order chi connectivity index (χ0) is 22.4. The van der Waals surface area contributed by atoms with E-state index in [9.17, 15) is 18.4 Å². The SMILES string of the molecule is CON(C)C(=O)N1N=C(c2cc(F)ccc2F)S[C@@]1(CCCN=C=O)c1ccccc1. The zero-order valence-corrected chi connectivity index (χ0v) is 17.7. The summed E-state index contributed by atoms with van der Waals surface area (Å²) in [5, 5.41) is 6.74. The molecule has 0 fully saturated rings. The van der Waals surface area contributed by atoms with Gasteiger partial charge in [0.25, 0.3) is 0 Å². The summed E-state index contributed by atoms with van der Waals surface area (Å²) in [5.41, 5.74) is 0.676. The number of benzene rings is 2. The predicted molar refractivity (Wildman–Crippen MR) is 113 cm³/mol. The molecule has 0 bridgehead atoms. The average molecular weight is 446 g/mol. The summed E-state index contributed by atoms with van der Waals surface area (Å²) in [6, 6.07) is 11.6. The molecule has 162 valence electrons. The van der Waals surface area contributed by atoms with Gasteiger partial charge in [0, 0.05) is 12.6 Å². The Kier molecular flexibility index (Phi) is 7.17. The van der Waals surface area contributed by atoms with E-state index in [2.05, 4.69) is 10.1 Å². The molecule has 0 N–H and O–H groups in total. The van der Waals surface area contributed by atoms with Crippen molar-refractivity contribution in [2.45, 2.75) is 17.7 Å². The van der Waals surface area contributed by atoms with Crippen LogP contribution in [0.4, 0.5) is 13.6 Å². The number of hydrogen-bond donors (Lipinski definition) is 0. The topological polar surface area (TPSA) is 74.6 Å². The molecule has 2 aromatic carbocycles. The summed E-state index contributed by atoms with van der Waals surface area (Å²) < 4.78 is 28.4. The van der Waals surface area contributed by atoms with E-state index >= 15 is 0 Å². The Bertz CT molecular complexity index is 1030. The number of urea groups is 1. The maximum Gasteiger partial charge on any atom is 0.365 e. The van der Waals surface area contributed by atoms with Crippen LogP contribution in [0.5, 0.6) is 0 Å². The number of amides is 2. The van der Waals surface area contributed by atoms with Gasteiger partial charge in [-0.25, -0.2) is 28.4 Å². The normalized spacial score (nSPS) is 17.8. The molecule has 3 rings (SSSR count). The Labute approximate surface area is 182 Å². The van der Waals surface area contributed by atoms with E-state index in [1.807, 2.05) is 30.3 Å². The Morgan fingerprint density at radius 1 is 1.29 bits per heavy atom. The van der Waals surface area contributed by atoms with Crippen LogP contribution in [0, 0.1) is 11.6 Å². The largest absolute Gasteiger partial charge is 0.365 e. The van der Waals surface area contributed by atoms with Gasteiger partial charge in [-0.05, 0) is 36.6 Å². The second-order valence-electron chi connectivity index (χ2n) is 6.63. The molecule has 0 saturated carbocycles. The van der Waals surface area contributed by atoms with Crippen molar-refractivity contribution in [3.05, 3.63) is 71.3 Å². The van der Waals surface area contributed by atoms with Crippen molar-refractivity contribution < 1.29 is 23.2 Å². The van der Waals surface area contributed by atoms with Gasteiger partial charge < -0.3 is 0 Å². The number of halogens is 2. The molecule has 1 aliphatic heterocycles. The number of isocyanates is 1. The smallest absolute Gasteiger partial charge is 0.273 e. The molecule has 1 atom stereocenters. The van der Waals surface area contributed by atoms with Crippen molar-refractivity contribution in [2.24, 2.45) is 10.1 Å². The van der Waals surface area contributed by atoms with Gasteiger partial charge in [0.1, 0.15) is 21.5 Å². The van der Waals surface area contributed by atoms with Crippen molar-refractivity contribution in [1.29, 1.82) is 0 Å². The Morgan fingerprint density at radius 3 is 2.71 bits per heavy atom. The van der Waals surface area contributed by atoms with Gasteiger partial charge in [-0.1, -0.05) is 42.1 Å². The molecule has 2 aromatic rings. The fraction of sp³-hybridized carbons (Fsp3) is 0.286. The fourth-order valence-corrected chi connectivity index (χ4v) is 4.61. The van der Waals surface area contributed by atoms with E-state index in [0.29, 0.717) is 12.8 Å². The molecule has 1 heterocycles. The number of hydroxylamine groups is 2. The monoisotopic (exact) mass is 446 g/mol. The highest BCUT2D eigenvalue weighted by Crippen LogP contribution is 2.51. The highest BCUT2D eigenvalue weighted by Gasteiger charge is 2.49. The number of hydrogen-bond acceptors (Lipinski definition) is 6. The summed E-state index contributed by atoms with van der Waals surface area (Å²) in [6.07, 6.45) is 2.25. The summed E-state index contributed by atoms with van der Waals surface area (Å²) in [7, 11) is 2.76. The fourth-order valence-electron chi connectivity index (χ4n) is 3.20. The Morgan fingerprint density at radius 2 is 2.03 bits per heavy atom. The molecular formula is C21H20F2N4O3S. The molecule has 1 aliphatic rings. The van der Waals surface area contributed by atoms with Crippen LogP contribution in [-0.2, 0) is 14.5 Å². The average Bonchev–Trinajstić information content (AvgIpc) is 3.18. The molecule has 0 unspecified atom stereocenters. The molecule has 0 radical (unpaired) electrons. The van der Waals surface area contributed by atoms with Crippen LogP contribution in [0.2, 0.25) is 0 Å². The first-order valence-electron chi connectivity index (χ1n) is 9.37. The minimum Gasteiger partial charge on any atom is -0.273 e. The van der Waals surface area contributed by atoms with Crippen LogP contribution < -0.4 is 0 Å². The molecule has 0 aromatic heterocycles. The lowest BCUT2D eigenvalue weighted by Crippen LogP contribution is -2.46. The highest BCUT2D eigenvalue weighted by molar-refractivity contribution is 8.15. The van der Waals surface area contributed by atoms with E-state index in [1.165, 1.54) is 25.2 Å². The van der Waals surface area contributed by atoms with Crippen LogP contribution >= 0.6 is 11.8 Å². The summed E-state index contributed by atoms with van der Waals surface area (Å²) >= 11 is 1.14. The minimum absolute atomic E-state index is 0.0495. The van der Waals surface area contributed by atoms with Crippen LogP contribution in [0.3, 0.4) is 0 Å². The first kappa shape index (κ1) is 22.6. The van der Waals surface area contributed by atoms with Gasteiger partial charge in [0.2, 0.25) is 6.08 Å². The lowest BCUT2D eigenvalue weighted by molar-refractivity contribution is -0.0805.